The Hall–Kier alpha value is -2.42. The molecule has 9 heteroatoms. The maximum absolute atomic E-state index is 13.4. The third kappa shape index (κ3) is 4.35. The van der Waals surface area contributed by atoms with Crippen molar-refractivity contribution in [1.29, 1.82) is 0 Å². The summed E-state index contributed by atoms with van der Waals surface area (Å²) >= 11 is 6.14. The zero-order valence-electron chi connectivity index (χ0n) is 17.1. The fourth-order valence-electron chi connectivity index (χ4n) is 3.40. The largest absolute Gasteiger partial charge is 0.467 e. The Kier molecular flexibility index (Phi) is 5.95. The molecule has 2 aromatic carbocycles. The lowest BCUT2D eigenvalue weighted by atomic mass is 10.1. The molecule has 1 N–H and O–H groups in total. The Morgan fingerprint density at radius 3 is 2.47 bits per heavy atom. The minimum Gasteiger partial charge on any atom is -0.467 e. The molecule has 1 unspecified atom stereocenters. The number of carbonyl (C=O) groups excluding carboxylic acids is 2. The number of anilines is 1. The Morgan fingerprint density at radius 1 is 1.17 bits per heavy atom. The Balaban J connectivity index is 2.05. The number of carbonyl (C=O) groups is 2. The molecule has 0 saturated heterocycles. The van der Waals surface area contributed by atoms with Gasteiger partial charge in [0, 0.05) is 23.2 Å². The number of hydrogen-bond acceptors (Lipinski definition) is 5. The van der Waals surface area contributed by atoms with Gasteiger partial charge in [0.05, 0.1) is 12.1 Å². The summed E-state index contributed by atoms with van der Waals surface area (Å²) in [4.78, 5) is 26.8. The van der Waals surface area contributed by atoms with Gasteiger partial charge in [-0.05, 0) is 50.6 Å². The minimum absolute atomic E-state index is 0.00496. The smallest absolute Gasteiger partial charge is 0.329 e. The molecular weight excluding hydrogens is 428 g/mol. The highest BCUT2D eigenvalue weighted by Gasteiger charge is 2.39. The molecule has 1 heterocycles. The van der Waals surface area contributed by atoms with Crippen LogP contribution in [0.2, 0.25) is 5.02 Å². The van der Waals surface area contributed by atoms with Crippen LogP contribution in [0.3, 0.4) is 0 Å². The van der Waals surface area contributed by atoms with Gasteiger partial charge in [-0.15, -0.1) is 0 Å². The lowest BCUT2D eigenvalue weighted by Gasteiger charge is -2.24. The number of sulfonamides is 1. The first-order chi connectivity index (χ1) is 13.9. The lowest BCUT2D eigenvalue weighted by Crippen LogP contribution is -2.43. The Morgan fingerprint density at radius 2 is 1.83 bits per heavy atom. The fourth-order valence-corrected chi connectivity index (χ4v) is 5.35. The van der Waals surface area contributed by atoms with E-state index >= 15 is 0 Å². The van der Waals surface area contributed by atoms with Crippen molar-refractivity contribution < 1.29 is 22.7 Å². The van der Waals surface area contributed by atoms with E-state index in [1.165, 1.54) is 30.2 Å². The number of ether oxygens (including phenoxy) is 1. The summed E-state index contributed by atoms with van der Waals surface area (Å²) in [5, 5.41) is -0.00496. The molecule has 2 aromatic rings. The molecular formula is C21H23ClN2O5S. The highest BCUT2D eigenvalue weighted by Crippen LogP contribution is 2.34. The molecule has 0 saturated carbocycles. The summed E-state index contributed by atoms with van der Waals surface area (Å²) in [6.45, 7) is 5.11. The number of rotatable bonds is 4. The van der Waals surface area contributed by atoms with Crippen molar-refractivity contribution in [3.8, 4) is 0 Å². The second-order valence-electron chi connectivity index (χ2n) is 8.05. The number of halogens is 1. The minimum atomic E-state index is -3.97. The maximum Gasteiger partial charge on any atom is 0.329 e. The summed E-state index contributed by atoms with van der Waals surface area (Å²) in [7, 11) is -2.70. The van der Waals surface area contributed by atoms with E-state index in [1.807, 2.05) is 12.1 Å². The molecule has 1 amide bonds. The second kappa shape index (κ2) is 8.02. The van der Waals surface area contributed by atoms with Crippen molar-refractivity contribution in [2.75, 3.05) is 12.0 Å². The van der Waals surface area contributed by atoms with Crippen molar-refractivity contribution in [2.45, 2.75) is 43.7 Å². The molecule has 1 aliphatic heterocycles. The third-order valence-corrected chi connectivity index (χ3v) is 6.82. The topological polar surface area (TPSA) is 92.8 Å². The van der Waals surface area contributed by atoms with E-state index in [0.29, 0.717) is 12.1 Å². The molecule has 0 spiro atoms. The normalized spacial score (nSPS) is 16.3. The summed E-state index contributed by atoms with van der Waals surface area (Å²) in [6.07, 6.45) is 0.318. The lowest BCUT2D eigenvalue weighted by molar-refractivity contribution is -0.141. The summed E-state index contributed by atoms with van der Waals surface area (Å²) in [6, 6.07) is 10.4. The van der Waals surface area contributed by atoms with Gasteiger partial charge in [0.2, 0.25) is 10.0 Å². The molecule has 0 aliphatic carbocycles. The molecule has 160 valence electrons. The molecule has 1 atom stereocenters. The van der Waals surface area contributed by atoms with Crippen LogP contribution in [0.1, 0.15) is 36.7 Å². The second-order valence-corrected chi connectivity index (χ2v) is 10.1. The third-order valence-electron chi connectivity index (χ3n) is 4.58. The number of nitrogens with zero attached hydrogens (tertiary/aromatic N) is 1. The number of para-hydroxylation sites is 1. The summed E-state index contributed by atoms with van der Waals surface area (Å²) in [5.74, 6) is -1.06. The van der Waals surface area contributed by atoms with E-state index in [1.54, 1.807) is 32.9 Å². The Labute approximate surface area is 181 Å². The van der Waals surface area contributed by atoms with Crippen LogP contribution in [0.4, 0.5) is 5.69 Å². The van der Waals surface area contributed by atoms with Gasteiger partial charge in [0.25, 0.3) is 5.91 Å². The van der Waals surface area contributed by atoms with Crippen molar-refractivity contribution in [3.05, 3.63) is 58.6 Å². The van der Waals surface area contributed by atoms with Crippen molar-refractivity contribution in [1.82, 2.24) is 4.72 Å². The number of hydrogen-bond donors (Lipinski definition) is 1. The molecule has 30 heavy (non-hydrogen) atoms. The number of methoxy groups -OCH3 is 1. The number of amides is 1. The number of nitrogens with one attached hydrogen (secondary N) is 1. The predicted molar refractivity (Wildman–Crippen MR) is 114 cm³/mol. The highest BCUT2D eigenvalue weighted by molar-refractivity contribution is 7.89. The standard InChI is InChI=1S/C21H23ClN2O5S/c1-21(2,3)23-30(27,28)18-12-14(9-10-15(18)22)19(25)24-16-8-6-5-7-13(16)11-17(24)20(26)29-4/h5-10,12,17,23H,11H2,1-4H3. The molecule has 0 aromatic heterocycles. The van der Waals surface area contributed by atoms with Gasteiger partial charge >= 0.3 is 5.97 Å². The van der Waals surface area contributed by atoms with Crippen molar-refractivity contribution in [3.63, 3.8) is 0 Å². The average Bonchev–Trinajstić information content (AvgIpc) is 3.04. The maximum atomic E-state index is 13.4. The van der Waals surface area contributed by atoms with Crippen molar-refractivity contribution >= 4 is 39.2 Å². The first-order valence-electron chi connectivity index (χ1n) is 9.27. The molecule has 0 radical (unpaired) electrons. The van der Waals surface area contributed by atoms with Crippen LogP contribution < -0.4 is 9.62 Å². The van der Waals surface area contributed by atoms with E-state index in [0.717, 1.165) is 5.56 Å². The molecule has 7 nitrogen and oxygen atoms in total. The number of benzene rings is 2. The molecule has 0 fully saturated rings. The first-order valence-corrected chi connectivity index (χ1v) is 11.1. The van der Waals surface area contributed by atoms with E-state index < -0.39 is 33.5 Å². The van der Waals surface area contributed by atoms with E-state index in [-0.39, 0.29) is 15.5 Å². The Bertz CT molecular complexity index is 1110. The van der Waals surface area contributed by atoms with Crippen LogP contribution >= 0.6 is 11.6 Å². The zero-order valence-corrected chi connectivity index (χ0v) is 18.7. The molecule has 1 aliphatic rings. The van der Waals surface area contributed by atoms with Crippen LogP contribution in [0.5, 0.6) is 0 Å². The first kappa shape index (κ1) is 22.3. The van der Waals surface area contributed by atoms with Crippen molar-refractivity contribution in [2.24, 2.45) is 0 Å². The van der Waals surface area contributed by atoms with Gasteiger partial charge < -0.3 is 4.74 Å². The van der Waals surface area contributed by atoms with Crippen LogP contribution in [-0.4, -0.2) is 39.0 Å². The van der Waals surface area contributed by atoms with E-state index in [9.17, 15) is 18.0 Å². The van der Waals surface area contributed by atoms with Gasteiger partial charge in [-0.2, -0.15) is 0 Å². The fraction of sp³-hybridized carbons (Fsp3) is 0.333. The quantitative estimate of drug-likeness (QED) is 0.722. The molecule has 0 bridgehead atoms. The zero-order chi connectivity index (χ0) is 22.3. The van der Waals surface area contributed by atoms with Crippen LogP contribution in [-0.2, 0) is 26.0 Å². The number of esters is 1. The van der Waals surface area contributed by atoms with Crippen LogP contribution in [0.15, 0.2) is 47.4 Å². The van der Waals surface area contributed by atoms with Gasteiger partial charge in [0.15, 0.2) is 0 Å². The summed E-state index contributed by atoms with van der Waals surface area (Å²) in [5.41, 5.74) is 0.785. The van der Waals surface area contributed by atoms with Crippen LogP contribution in [0, 0.1) is 0 Å². The van der Waals surface area contributed by atoms with Gasteiger partial charge in [-0.25, -0.2) is 17.9 Å². The average molecular weight is 451 g/mol. The molecule has 3 rings (SSSR count). The van der Waals surface area contributed by atoms with Crippen LogP contribution in [0.25, 0.3) is 0 Å². The van der Waals surface area contributed by atoms with E-state index in [4.69, 9.17) is 16.3 Å². The summed E-state index contributed by atoms with van der Waals surface area (Å²) < 4.78 is 33.0. The van der Waals surface area contributed by atoms with E-state index in [2.05, 4.69) is 4.72 Å². The van der Waals surface area contributed by atoms with Gasteiger partial charge in [-0.1, -0.05) is 29.8 Å². The highest BCUT2D eigenvalue weighted by atomic mass is 35.5. The SMILES string of the molecule is COC(=O)C1Cc2ccccc2N1C(=O)c1ccc(Cl)c(S(=O)(=O)NC(C)(C)C)c1. The predicted octanol–water partition coefficient (Wildman–Crippen LogP) is 3.16. The number of fused-ring (bicyclic) bond motifs is 1. The van der Waals surface area contributed by atoms with Gasteiger partial charge in [0.1, 0.15) is 10.9 Å². The van der Waals surface area contributed by atoms with Gasteiger partial charge in [-0.3, -0.25) is 9.69 Å². The monoisotopic (exact) mass is 450 g/mol.